The van der Waals surface area contributed by atoms with Crippen LogP contribution >= 0.6 is 0 Å². The second-order valence-electron chi connectivity index (χ2n) is 7.88. The fourth-order valence-electron chi connectivity index (χ4n) is 2.64. The Hall–Kier alpha value is -2.67. The van der Waals surface area contributed by atoms with Gasteiger partial charge >= 0.3 is 0 Å². The first-order valence-electron chi connectivity index (χ1n) is 9.05. The second kappa shape index (κ2) is 7.39. The van der Waals surface area contributed by atoms with Crippen molar-refractivity contribution in [1.29, 1.82) is 0 Å². The van der Waals surface area contributed by atoms with E-state index in [0.29, 0.717) is 22.7 Å². The van der Waals surface area contributed by atoms with E-state index in [4.69, 9.17) is 4.42 Å². The summed E-state index contributed by atoms with van der Waals surface area (Å²) in [5.74, 6) is 0.00665. The first-order chi connectivity index (χ1) is 13.0. The third-order valence-corrected chi connectivity index (χ3v) is 6.02. The monoisotopic (exact) mass is 400 g/mol. The van der Waals surface area contributed by atoms with Crippen molar-refractivity contribution in [3.8, 4) is 0 Å². The van der Waals surface area contributed by atoms with E-state index in [1.54, 1.807) is 42.5 Å². The summed E-state index contributed by atoms with van der Waals surface area (Å²) >= 11 is 0. The van der Waals surface area contributed by atoms with E-state index in [0.717, 1.165) is 5.56 Å². The van der Waals surface area contributed by atoms with Gasteiger partial charge in [-0.1, -0.05) is 38.5 Å². The van der Waals surface area contributed by atoms with Gasteiger partial charge in [0.25, 0.3) is 0 Å². The van der Waals surface area contributed by atoms with Gasteiger partial charge in [0.1, 0.15) is 5.52 Å². The van der Waals surface area contributed by atoms with Crippen LogP contribution in [0.5, 0.6) is 0 Å². The maximum atomic E-state index is 12.4. The second-order valence-corrected chi connectivity index (χ2v) is 9.99. The summed E-state index contributed by atoms with van der Waals surface area (Å²) in [6, 6.07) is 11.8. The molecule has 0 radical (unpaired) electrons. The Balaban J connectivity index is 1.66. The van der Waals surface area contributed by atoms with Crippen LogP contribution in [-0.2, 0) is 20.0 Å². The van der Waals surface area contributed by atoms with Crippen molar-refractivity contribution < 1.29 is 17.6 Å². The minimum Gasteiger partial charge on any atom is -0.440 e. The summed E-state index contributed by atoms with van der Waals surface area (Å²) in [6.45, 7) is 7.92. The van der Waals surface area contributed by atoms with Crippen molar-refractivity contribution in [3.05, 3.63) is 53.9 Å². The molecule has 0 saturated heterocycles. The minimum atomic E-state index is -3.50. The summed E-state index contributed by atoms with van der Waals surface area (Å²) in [7, 11) is -3.50. The van der Waals surface area contributed by atoms with E-state index in [9.17, 15) is 13.2 Å². The van der Waals surface area contributed by atoms with Crippen LogP contribution in [0.25, 0.3) is 11.1 Å². The van der Waals surface area contributed by atoms with E-state index in [-0.39, 0.29) is 28.4 Å². The highest BCUT2D eigenvalue weighted by atomic mass is 32.2. The van der Waals surface area contributed by atoms with Crippen molar-refractivity contribution in [2.75, 3.05) is 11.1 Å². The molecule has 0 aliphatic heterocycles. The molecule has 1 heterocycles. The number of benzene rings is 2. The third kappa shape index (κ3) is 4.59. The largest absolute Gasteiger partial charge is 0.440 e. The molecule has 0 aliphatic rings. The molecule has 2 aromatic carbocycles. The van der Waals surface area contributed by atoms with Gasteiger partial charge in [0.15, 0.2) is 15.4 Å². The Bertz CT molecular complexity index is 1110. The molecule has 1 aromatic heterocycles. The number of nitrogens with zero attached hydrogens (tertiary/aromatic N) is 1. The quantitative estimate of drug-likeness (QED) is 0.692. The molecule has 0 bridgehead atoms. The lowest BCUT2D eigenvalue weighted by atomic mass is 9.97. The highest BCUT2D eigenvalue weighted by molar-refractivity contribution is 7.91. The van der Waals surface area contributed by atoms with Gasteiger partial charge in [-0.15, -0.1) is 0 Å². The van der Waals surface area contributed by atoms with Crippen LogP contribution in [0.2, 0.25) is 0 Å². The Morgan fingerprint density at radius 1 is 1.11 bits per heavy atom. The van der Waals surface area contributed by atoms with E-state index < -0.39 is 9.84 Å². The van der Waals surface area contributed by atoms with E-state index >= 15 is 0 Å². The molecule has 0 aliphatic carbocycles. The number of rotatable bonds is 5. The van der Waals surface area contributed by atoms with E-state index in [1.807, 2.05) is 27.7 Å². The lowest BCUT2D eigenvalue weighted by Gasteiger charge is -2.11. The molecular weight excluding hydrogens is 376 g/mol. The lowest BCUT2D eigenvalue weighted by Crippen LogP contribution is -2.17. The number of aryl methyl sites for hydroxylation is 1. The van der Waals surface area contributed by atoms with Crippen LogP contribution in [0.4, 0.5) is 5.69 Å². The molecule has 0 atom stereocenters. The molecule has 0 saturated carbocycles. The molecular formula is C21H24N2O4S. The summed E-state index contributed by atoms with van der Waals surface area (Å²) in [5.41, 5.74) is 2.61. The van der Waals surface area contributed by atoms with E-state index in [1.165, 1.54) is 0 Å². The standard InChI is InChI=1S/C21H24N2O4S/c1-14-5-8-16(9-6-14)28(25,26)12-11-19(24)22-15-7-10-18-17(13-15)23-20(27-18)21(2,3)4/h5-10,13H,11-12H2,1-4H3,(H,22,24). The number of anilines is 1. The van der Waals surface area contributed by atoms with E-state index in [2.05, 4.69) is 10.3 Å². The fourth-order valence-corrected chi connectivity index (χ4v) is 3.88. The van der Waals surface area contributed by atoms with Gasteiger partial charge in [-0.2, -0.15) is 0 Å². The number of oxazole rings is 1. The maximum Gasteiger partial charge on any atom is 0.225 e. The molecule has 6 nitrogen and oxygen atoms in total. The molecule has 7 heteroatoms. The van der Waals surface area contributed by atoms with Gasteiger partial charge in [0, 0.05) is 17.5 Å². The van der Waals surface area contributed by atoms with Gasteiger partial charge in [-0.25, -0.2) is 13.4 Å². The number of aromatic nitrogens is 1. The number of carbonyl (C=O) groups excluding carboxylic acids is 1. The third-order valence-electron chi connectivity index (χ3n) is 4.29. The molecule has 3 aromatic rings. The van der Waals surface area contributed by atoms with Crippen molar-refractivity contribution in [1.82, 2.24) is 4.98 Å². The Morgan fingerprint density at radius 2 is 1.79 bits per heavy atom. The summed E-state index contributed by atoms with van der Waals surface area (Å²) < 4.78 is 30.5. The number of carbonyl (C=O) groups is 1. The van der Waals surface area contributed by atoms with Crippen molar-refractivity contribution in [2.45, 2.75) is 44.4 Å². The lowest BCUT2D eigenvalue weighted by molar-refractivity contribution is -0.115. The fraction of sp³-hybridized carbons (Fsp3) is 0.333. The highest BCUT2D eigenvalue weighted by Crippen LogP contribution is 2.27. The summed E-state index contributed by atoms with van der Waals surface area (Å²) in [4.78, 5) is 16.9. The van der Waals surface area contributed by atoms with Crippen LogP contribution in [0.3, 0.4) is 0 Å². The van der Waals surface area contributed by atoms with Crippen LogP contribution in [0.1, 0.15) is 38.6 Å². The van der Waals surface area contributed by atoms with Gasteiger partial charge < -0.3 is 9.73 Å². The number of nitrogens with one attached hydrogen (secondary N) is 1. The SMILES string of the molecule is Cc1ccc(S(=O)(=O)CCC(=O)Nc2ccc3oc(C(C)(C)C)nc3c2)cc1. The molecule has 1 N–H and O–H groups in total. The maximum absolute atomic E-state index is 12.4. The van der Waals surface area contributed by atoms with Gasteiger partial charge in [-0.05, 0) is 37.3 Å². The predicted molar refractivity (Wildman–Crippen MR) is 109 cm³/mol. The molecule has 0 spiro atoms. The molecule has 3 rings (SSSR count). The zero-order valence-corrected chi connectivity index (χ0v) is 17.3. The molecule has 1 amide bonds. The summed E-state index contributed by atoms with van der Waals surface area (Å²) in [6.07, 6.45) is -0.125. The van der Waals surface area contributed by atoms with Gasteiger partial charge in [-0.3, -0.25) is 4.79 Å². The molecule has 28 heavy (non-hydrogen) atoms. The number of amides is 1. The van der Waals surface area contributed by atoms with Gasteiger partial charge in [0.2, 0.25) is 11.8 Å². The average molecular weight is 401 g/mol. The Morgan fingerprint density at radius 3 is 2.43 bits per heavy atom. The highest BCUT2D eigenvalue weighted by Gasteiger charge is 2.21. The first kappa shape index (κ1) is 20.1. The zero-order valence-electron chi connectivity index (χ0n) is 16.4. The number of fused-ring (bicyclic) bond motifs is 1. The minimum absolute atomic E-state index is 0.125. The smallest absolute Gasteiger partial charge is 0.225 e. The predicted octanol–water partition coefficient (Wildman–Crippen LogP) is 4.24. The number of sulfone groups is 1. The van der Waals surface area contributed by atoms with Crippen molar-refractivity contribution >= 4 is 32.5 Å². The Kier molecular flexibility index (Phi) is 5.30. The molecule has 0 unspecified atom stereocenters. The first-order valence-corrected chi connectivity index (χ1v) is 10.7. The average Bonchev–Trinajstić information content (AvgIpc) is 3.04. The van der Waals surface area contributed by atoms with Gasteiger partial charge in [0.05, 0.1) is 10.6 Å². The number of hydrogen-bond acceptors (Lipinski definition) is 5. The molecule has 0 fully saturated rings. The molecule has 148 valence electrons. The van der Waals surface area contributed by atoms with Crippen LogP contribution < -0.4 is 5.32 Å². The van der Waals surface area contributed by atoms with Crippen LogP contribution in [0.15, 0.2) is 51.8 Å². The zero-order chi connectivity index (χ0) is 20.5. The summed E-state index contributed by atoms with van der Waals surface area (Å²) in [5, 5.41) is 2.73. The van der Waals surface area contributed by atoms with Crippen molar-refractivity contribution in [2.24, 2.45) is 0 Å². The topological polar surface area (TPSA) is 89.3 Å². The Labute approximate surface area is 164 Å². The van der Waals surface area contributed by atoms with Crippen LogP contribution in [0, 0.1) is 6.92 Å². The van der Waals surface area contributed by atoms with Crippen LogP contribution in [-0.4, -0.2) is 25.1 Å². The normalized spacial score (nSPS) is 12.3. The van der Waals surface area contributed by atoms with Crippen molar-refractivity contribution in [3.63, 3.8) is 0 Å². The number of hydrogen-bond donors (Lipinski definition) is 1.